The molecule has 0 aliphatic rings. The van der Waals surface area contributed by atoms with Crippen LogP contribution in [-0.2, 0) is 0 Å². The molecule has 0 spiro atoms. The summed E-state index contributed by atoms with van der Waals surface area (Å²) in [6, 6.07) is 3.38. The fourth-order valence-electron chi connectivity index (χ4n) is 1.83. The van der Waals surface area contributed by atoms with Crippen LogP contribution >= 0.6 is 11.6 Å². The van der Waals surface area contributed by atoms with Gasteiger partial charge in [-0.05, 0) is 12.1 Å². The standard InChI is InChI=1S/C11H7ClN4O2/c12-8-3-6-5-14-9(15-11(17)18)4-7(6)10-13-1-2-16(8)10/h1-5H,(H,14,15)(H,17,18). The zero-order valence-electron chi connectivity index (χ0n) is 8.96. The molecule has 18 heavy (non-hydrogen) atoms. The summed E-state index contributed by atoms with van der Waals surface area (Å²) in [6.07, 6.45) is 3.77. The Bertz CT molecular complexity index is 768. The number of carbonyl (C=O) groups is 1. The van der Waals surface area contributed by atoms with E-state index in [1.54, 1.807) is 35.1 Å². The molecule has 2 N–H and O–H groups in total. The minimum absolute atomic E-state index is 0.252. The van der Waals surface area contributed by atoms with Crippen LogP contribution in [0.15, 0.2) is 30.7 Å². The number of fused-ring (bicyclic) bond motifs is 3. The lowest BCUT2D eigenvalue weighted by Gasteiger charge is -2.05. The number of aromatic nitrogens is 3. The van der Waals surface area contributed by atoms with Crippen LogP contribution in [0.5, 0.6) is 0 Å². The van der Waals surface area contributed by atoms with E-state index in [-0.39, 0.29) is 5.82 Å². The highest BCUT2D eigenvalue weighted by atomic mass is 35.5. The number of pyridine rings is 2. The Morgan fingerprint density at radius 3 is 3.00 bits per heavy atom. The fraction of sp³-hybridized carbons (Fsp3) is 0. The summed E-state index contributed by atoms with van der Waals surface area (Å²) < 4.78 is 1.72. The molecule has 0 fully saturated rings. The highest BCUT2D eigenvalue weighted by molar-refractivity contribution is 6.30. The Hall–Kier alpha value is -2.34. The number of nitrogens with zero attached hydrogens (tertiary/aromatic N) is 3. The van der Waals surface area contributed by atoms with Gasteiger partial charge in [-0.25, -0.2) is 14.8 Å². The Morgan fingerprint density at radius 1 is 1.39 bits per heavy atom. The molecule has 0 radical (unpaired) electrons. The predicted molar refractivity (Wildman–Crippen MR) is 67.2 cm³/mol. The molecule has 0 saturated carbocycles. The number of hydrogen-bond acceptors (Lipinski definition) is 3. The van der Waals surface area contributed by atoms with Crippen molar-refractivity contribution in [3.8, 4) is 0 Å². The molecule has 1 amide bonds. The first-order valence-corrected chi connectivity index (χ1v) is 5.44. The van der Waals surface area contributed by atoms with Crippen molar-refractivity contribution in [1.82, 2.24) is 14.4 Å². The summed E-state index contributed by atoms with van der Waals surface area (Å²) >= 11 is 6.09. The van der Waals surface area contributed by atoms with Gasteiger partial charge in [-0.2, -0.15) is 0 Å². The summed E-state index contributed by atoms with van der Waals surface area (Å²) in [6.45, 7) is 0. The van der Waals surface area contributed by atoms with E-state index < -0.39 is 6.09 Å². The molecule has 7 heteroatoms. The van der Waals surface area contributed by atoms with Crippen molar-refractivity contribution in [2.24, 2.45) is 0 Å². The minimum Gasteiger partial charge on any atom is -0.465 e. The summed E-state index contributed by atoms with van der Waals surface area (Å²) in [5.74, 6) is 0.252. The van der Waals surface area contributed by atoms with Crippen LogP contribution in [0, 0.1) is 0 Å². The lowest BCUT2D eigenvalue weighted by atomic mass is 10.2. The zero-order valence-corrected chi connectivity index (χ0v) is 9.72. The smallest absolute Gasteiger partial charge is 0.410 e. The maximum Gasteiger partial charge on any atom is 0.410 e. The molecule has 0 unspecified atom stereocenters. The number of imidazole rings is 1. The second kappa shape index (κ2) is 3.85. The summed E-state index contributed by atoms with van der Waals surface area (Å²) in [4.78, 5) is 18.8. The van der Waals surface area contributed by atoms with Gasteiger partial charge in [0.25, 0.3) is 0 Å². The second-order valence-electron chi connectivity index (χ2n) is 3.67. The van der Waals surface area contributed by atoms with E-state index >= 15 is 0 Å². The third kappa shape index (κ3) is 1.63. The maximum atomic E-state index is 10.6. The van der Waals surface area contributed by atoms with E-state index in [0.717, 1.165) is 10.8 Å². The number of carboxylic acid groups (broad SMARTS) is 1. The van der Waals surface area contributed by atoms with E-state index in [1.807, 2.05) is 0 Å². The first-order chi connectivity index (χ1) is 8.65. The second-order valence-corrected chi connectivity index (χ2v) is 4.06. The van der Waals surface area contributed by atoms with Crippen LogP contribution in [0.3, 0.4) is 0 Å². The highest BCUT2D eigenvalue weighted by Gasteiger charge is 2.08. The lowest BCUT2D eigenvalue weighted by Crippen LogP contribution is -2.08. The Kier molecular flexibility index (Phi) is 2.31. The van der Waals surface area contributed by atoms with E-state index in [1.165, 1.54) is 0 Å². The molecule has 3 aromatic heterocycles. The van der Waals surface area contributed by atoms with Gasteiger partial charge in [-0.1, -0.05) is 11.6 Å². The van der Waals surface area contributed by atoms with Crippen molar-refractivity contribution >= 4 is 39.9 Å². The van der Waals surface area contributed by atoms with Crippen molar-refractivity contribution in [1.29, 1.82) is 0 Å². The predicted octanol–water partition coefficient (Wildman–Crippen LogP) is 2.63. The Labute approximate surface area is 106 Å². The molecule has 90 valence electrons. The zero-order chi connectivity index (χ0) is 12.7. The summed E-state index contributed by atoms with van der Waals surface area (Å²) in [5.41, 5.74) is 0.660. The summed E-state index contributed by atoms with van der Waals surface area (Å²) in [5, 5.41) is 13.0. The van der Waals surface area contributed by atoms with Crippen molar-refractivity contribution < 1.29 is 9.90 Å². The number of nitrogens with one attached hydrogen (secondary N) is 1. The van der Waals surface area contributed by atoms with Gasteiger partial charge in [0.05, 0.1) is 0 Å². The molecule has 0 atom stereocenters. The summed E-state index contributed by atoms with van der Waals surface area (Å²) in [7, 11) is 0. The van der Waals surface area contributed by atoms with Crippen molar-refractivity contribution in [3.05, 3.63) is 35.9 Å². The van der Waals surface area contributed by atoms with E-state index in [4.69, 9.17) is 16.7 Å². The average Bonchev–Trinajstić information content (AvgIpc) is 2.79. The monoisotopic (exact) mass is 262 g/mol. The van der Waals surface area contributed by atoms with Gasteiger partial charge in [0, 0.05) is 29.4 Å². The Morgan fingerprint density at radius 2 is 2.22 bits per heavy atom. The van der Waals surface area contributed by atoms with E-state index in [0.29, 0.717) is 10.8 Å². The van der Waals surface area contributed by atoms with Gasteiger partial charge < -0.3 is 5.11 Å². The van der Waals surface area contributed by atoms with Gasteiger partial charge in [0.2, 0.25) is 0 Å². The third-order valence-electron chi connectivity index (χ3n) is 2.56. The average molecular weight is 263 g/mol. The molecule has 0 saturated heterocycles. The van der Waals surface area contributed by atoms with Crippen molar-refractivity contribution in [3.63, 3.8) is 0 Å². The van der Waals surface area contributed by atoms with Crippen LogP contribution in [0.1, 0.15) is 0 Å². The highest BCUT2D eigenvalue weighted by Crippen LogP contribution is 2.25. The molecule has 3 aromatic rings. The molecule has 0 aromatic carbocycles. The first kappa shape index (κ1) is 10.8. The SMILES string of the molecule is O=C(O)Nc1cc2c(cn1)cc(Cl)n1ccnc21. The quantitative estimate of drug-likeness (QED) is 0.661. The molecular weight excluding hydrogens is 256 g/mol. The molecule has 0 aliphatic carbocycles. The van der Waals surface area contributed by atoms with Crippen LogP contribution < -0.4 is 5.32 Å². The van der Waals surface area contributed by atoms with Crippen LogP contribution in [0.4, 0.5) is 10.6 Å². The van der Waals surface area contributed by atoms with E-state index in [2.05, 4.69) is 15.3 Å². The number of rotatable bonds is 1. The molecular formula is C11H7ClN4O2. The lowest BCUT2D eigenvalue weighted by molar-refractivity contribution is 0.209. The normalized spacial score (nSPS) is 10.9. The maximum absolute atomic E-state index is 10.6. The third-order valence-corrected chi connectivity index (χ3v) is 2.85. The van der Waals surface area contributed by atoms with Crippen molar-refractivity contribution in [2.75, 3.05) is 5.32 Å². The molecule has 6 nitrogen and oxygen atoms in total. The van der Waals surface area contributed by atoms with Gasteiger partial charge in [-0.15, -0.1) is 0 Å². The largest absolute Gasteiger partial charge is 0.465 e. The number of halogens is 1. The van der Waals surface area contributed by atoms with E-state index in [9.17, 15) is 4.79 Å². The first-order valence-electron chi connectivity index (χ1n) is 5.06. The van der Waals surface area contributed by atoms with Gasteiger partial charge in [0.1, 0.15) is 16.6 Å². The van der Waals surface area contributed by atoms with Gasteiger partial charge in [0.15, 0.2) is 0 Å². The van der Waals surface area contributed by atoms with Gasteiger partial charge >= 0.3 is 6.09 Å². The number of anilines is 1. The molecule has 0 bridgehead atoms. The molecule has 0 aliphatic heterocycles. The Balaban J connectivity index is 2.31. The molecule has 3 rings (SSSR count). The van der Waals surface area contributed by atoms with Crippen LogP contribution in [0.25, 0.3) is 16.4 Å². The molecule has 3 heterocycles. The number of amides is 1. The minimum atomic E-state index is -1.16. The topological polar surface area (TPSA) is 79.5 Å². The van der Waals surface area contributed by atoms with Crippen LogP contribution in [-0.4, -0.2) is 25.6 Å². The van der Waals surface area contributed by atoms with Crippen LogP contribution in [0.2, 0.25) is 5.15 Å². The number of hydrogen-bond donors (Lipinski definition) is 2. The van der Waals surface area contributed by atoms with Crippen molar-refractivity contribution in [2.45, 2.75) is 0 Å². The fourth-order valence-corrected chi connectivity index (χ4v) is 2.08. The van der Waals surface area contributed by atoms with Gasteiger partial charge in [-0.3, -0.25) is 9.72 Å².